The standard InChI is InChI=1S/C73H47N3/c1-5-21-48(22-6-1)50-37-40-64-63-34-18-20-36-70(63)76(71(64)46-50)57-42-53(65-44-51-25-13-14-30-58(51)59-31-15-16-32-60(59)65)41-54(43-57)69-47-68(74-72(75-69)49-23-7-2-8-24-49)52-38-39-62-61-33-17-19-35-66(61)73(67(62)45-52,55-26-9-3-10-27-55)56-28-11-4-12-29-56/h1-47H. The van der Waals surface area contributed by atoms with Crippen molar-refractivity contribution in [1.29, 1.82) is 0 Å². The van der Waals surface area contributed by atoms with E-state index in [0.29, 0.717) is 5.82 Å². The summed E-state index contributed by atoms with van der Waals surface area (Å²) in [7, 11) is 0. The lowest BCUT2D eigenvalue weighted by Gasteiger charge is -2.34. The van der Waals surface area contributed by atoms with E-state index in [0.717, 1.165) is 55.9 Å². The van der Waals surface area contributed by atoms with Crippen molar-refractivity contribution in [3.8, 4) is 73.0 Å². The van der Waals surface area contributed by atoms with Crippen LogP contribution in [-0.4, -0.2) is 14.5 Å². The fraction of sp³-hybridized carbons (Fsp3) is 0.0137. The topological polar surface area (TPSA) is 30.7 Å². The molecule has 15 rings (SSSR count). The van der Waals surface area contributed by atoms with Gasteiger partial charge < -0.3 is 4.57 Å². The first-order valence-electron chi connectivity index (χ1n) is 26.1. The van der Waals surface area contributed by atoms with Crippen molar-refractivity contribution in [2.24, 2.45) is 0 Å². The van der Waals surface area contributed by atoms with Gasteiger partial charge in [-0.3, -0.25) is 0 Å². The minimum atomic E-state index is -0.558. The zero-order chi connectivity index (χ0) is 50.2. The fourth-order valence-electron chi connectivity index (χ4n) is 12.5. The summed E-state index contributed by atoms with van der Waals surface area (Å²) in [6.45, 7) is 0. The third kappa shape index (κ3) is 6.90. The lowest BCUT2D eigenvalue weighted by molar-refractivity contribution is 0.768. The van der Waals surface area contributed by atoms with Gasteiger partial charge in [0.2, 0.25) is 0 Å². The van der Waals surface area contributed by atoms with E-state index in [1.165, 1.54) is 76.8 Å². The van der Waals surface area contributed by atoms with Crippen LogP contribution in [0.15, 0.2) is 285 Å². The molecule has 0 amide bonds. The van der Waals surface area contributed by atoms with E-state index < -0.39 is 5.41 Å². The zero-order valence-electron chi connectivity index (χ0n) is 41.5. The molecular weight excluding hydrogens is 919 g/mol. The Balaban J connectivity index is 1.01. The van der Waals surface area contributed by atoms with E-state index in [1.807, 2.05) is 0 Å². The number of hydrogen-bond acceptors (Lipinski definition) is 2. The van der Waals surface area contributed by atoms with E-state index in [4.69, 9.17) is 9.97 Å². The molecule has 0 saturated heterocycles. The van der Waals surface area contributed by atoms with Crippen LogP contribution in [0.3, 0.4) is 0 Å². The molecule has 0 N–H and O–H groups in total. The Morgan fingerprint density at radius 1 is 0.276 bits per heavy atom. The van der Waals surface area contributed by atoms with Gasteiger partial charge in [0.1, 0.15) is 0 Å². The summed E-state index contributed by atoms with van der Waals surface area (Å²) in [5.41, 5.74) is 19.5. The maximum atomic E-state index is 5.56. The molecule has 0 spiro atoms. The number of fused-ring (bicyclic) bond motifs is 9. The van der Waals surface area contributed by atoms with E-state index in [1.54, 1.807) is 0 Å². The molecule has 0 radical (unpaired) electrons. The van der Waals surface area contributed by atoms with Crippen LogP contribution >= 0.6 is 0 Å². The molecule has 0 bridgehead atoms. The van der Waals surface area contributed by atoms with Crippen LogP contribution in [0.2, 0.25) is 0 Å². The smallest absolute Gasteiger partial charge is 0.160 e. The van der Waals surface area contributed by atoms with Gasteiger partial charge in [-0.25, -0.2) is 9.97 Å². The highest BCUT2D eigenvalue weighted by molar-refractivity contribution is 6.14. The molecule has 12 aromatic carbocycles. The van der Waals surface area contributed by atoms with Gasteiger partial charge >= 0.3 is 0 Å². The second kappa shape index (κ2) is 17.6. The monoisotopic (exact) mass is 965 g/mol. The first kappa shape index (κ1) is 43.6. The highest BCUT2D eigenvalue weighted by Gasteiger charge is 2.46. The van der Waals surface area contributed by atoms with Gasteiger partial charge in [-0.2, -0.15) is 0 Å². The average Bonchev–Trinajstić information content (AvgIpc) is 4.18. The number of hydrogen-bond donors (Lipinski definition) is 0. The predicted octanol–water partition coefficient (Wildman–Crippen LogP) is 18.6. The molecule has 0 aliphatic heterocycles. The molecule has 1 aliphatic rings. The maximum absolute atomic E-state index is 5.56. The zero-order valence-corrected chi connectivity index (χ0v) is 41.5. The molecule has 1 aliphatic carbocycles. The fourth-order valence-corrected chi connectivity index (χ4v) is 12.5. The normalized spacial score (nSPS) is 12.6. The molecule has 0 unspecified atom stereocenters. The maximum Gasteiger partial charge on any atom is 0.160 e. The van der Waals surface area contributed by atoms with Gasteiger partial charge in [0.05, 0.1) is 27.8 Å². The lowest BCUT2D eigenvalue weighted by atomic mass is 9.67. The Hall–Kier alpha value is -9.96. The molecule has 3 heteroatoms. The van der Waals surface area contributed by atoms with Crippen molar-refractivity contribution >= 4 is 43.4 Å². The molecular formula is C73H47N3. The third-order valence-corrected chi connectivity index (χ3v) is 15.8. The van der Waals surface area contributed by atoms with Gasteiger partial charge in [0.15, 0.2) is 5.82 Å². The van der Waals surface area contributed by atoms with Crippen molar-refractivity contribution in [2.75, 3.05) is 0 Å². The van der Waals surface area contributed by atoms with Crippen LogP contribution in [0.25, 0.3) is 116 Å². The molecule has 0 atom stereocenters. The summed E-state index contributed by atoms with van der Waals surface area (Å²) >= 11 is 0. The van der Waals surface area contributed by atoms with E-state index in [-0.39, 0.29) is 0 Å². The van der Waals surface area contributed by atoms with Crippen molar-refractivity contribution in [2.45, 2.75) is 5.41 Å². The Bertz CT molecular complexity index is 4520. The van der Waals surface area contributed by atoms with Crippen LogP contribution < -0.4 is 0 Å². The lowest BCUT2D eigenvalue weighted by Crippen LogP contribution is -2.28. The highest BCUT2D eigenvalue weighted by atomic mass is 15.0. The van der Waals surface area contributed by atoms with E-state index in [9.17, 15) is 0 Å². The van der Waals surface area contributed by atoms with Crippen LogP contribution in [0.4, 0.5) is 0 Å². The summed E-state index contributed by atoms with van der Waals surface area (Å²) in [6.07, 6.45) is 0. The Labute approximate surface area is 441 Å². The van der Waals surface area contributed by atoms with Crippen LogP contribution in [0.1, 0.15) is 22.3 Å². The Kier molecular flexibility index (Phi) is 10.1. The van der Waals surface area contributed by atoms with Crippen molar-refractivity contribution in [3.05, 3.63) is 307 Å². The van der Waals surface area contributed by atoms with Crippen LogP contribution in [-0.2, 0) is 5.41 Å². The number of para-hydroxylation sites is 1. The van der Waals surface area contributed by atoms with Gasteiger partial charge in [-0.15, -0.1) is 0 Å². The minimum Gasteiger partial charge on any atom is -0.309 e. The number of nitrogens with zero attached hydrogens (tertiary/aromatic N) is 3. The SMILES string of the molecule is c1ccc(-c2ccc3c4ccccc4n(-c4cc(-c5cc(-c6ccc7c(c6)C(c6ccccc6)(c6ccccc6)c6ccccc6-7)nc(-c6ccccc6)n5)cc(-c5cc6ccccc6c6ccccc56)c4)c3c2)cc1. The highest BCUT2D eigenvalue weighted by Crippen LogP contribution is 2.57. The summed E-state index contributed by atoms with van der Waals surface area (Å²) in [5, 5.41) is 7.27. The average molecular weight is 966 g/mol. The number of benzene rings is 12. The Morgan fingerprint density at radius 3 is 1.58 bits per heavy atom. The summed E-state index contributed by atoms with van der Waals surface area (Å²) in [6, 6.07) is 104. The predicted molar refractivity (Wildman–Crippen MR) is 316 cm³/mol. The second-order valence-corrected chi connectivity index (χ2v) is 20.0. The van der Waals surface area contributed by atoms with E-state index in [2.05, 4.69) is 290 Å². The van der Waals surface area contributed by atoms with Gasteiger partial charge in [0, 0.05) is 33.2 Å². The van der Waals surface area contributed by atoms with Crippen LogP contribution in [0, 0.1) is 0 Å². The minimum absolute atomic E-state index is 0.558. The Morgan fingerprint density at radius 2 is 0.829 bits per heavy atom. The van der Waals surface area contributed by atoms with Crippen LogP contribution in [0.5, 0.6) is 0 Å². The van der Waals surface area contributed by atoms with E-state index >= 15 is 0 Å². The summed E-state index contributed by atoms with van der Waals surface area (Å²) < 4.78 is 2.46. The molecule has 354 valence electrons. The van der Waals surface area contributed by atoms with Crippen molar-refractivity contribution in [3.63, 3.8) is 0 Å². The summed E-state index contributed by atoms with van der Waals surface area (Å²) in [4.78, 5) is 11.1. The largest absolute Gasteiger partial charge is 0.309 e. The molecule has 0 saturated carbocycles. The molecule has 3 nitrogen and oxygen atoms in total. The first-order chi connectivity index (χ1) is 37.7. The van der Waals surface area contributed by atoms with Gasteiger partial charge in [0.25, 0.3) is 0 Å². The van der Waals surface area contributed by atoms with Gasteiger partial charge in [-0.05, 0) is 126 Å². The second-order valence-electron chi connectivity index (χ2n) is 20.0. The van der Waals surface area contributed by atoms with Gasteiger partial charge in [-0.1, -0.05) is 237 Å². The number of aromatic nitrogens is 3. The molecule has 2 aromatic heterocycles. The molecule has 76 heavy (non-hydrogen) atoms. The van der Waals surface area contributed by atoms with Crippen molar-refractivity contribution < 1.29 is 0 Å². The number of rotatable bonds is 8. The molecule has 14 aromatic rings. The third-order valence-electron chi connectivity index (χ3n) is 15.8. The summed E-state index contributed by atoms with van der Waals surface area (Å²) in [5.74, 6) is 0.668. The van der Waals surface area contributed by atoms with Crippen molar-refractivity contribution in [1.82, 2.24) is 14.5 Å². The molecule has 2 heterocycles. The molecule has 0 fully saturated rings. The quantitative estimate of drug-likeness (QED) is 0.142. The first-order valence-corrected chi connectivity index (χ1v) is 26.1.